The molecule has 0 radical (unpaired) electrons. The molecule has 0 saturated heterocycles. The van der Waals surface area contributed by atoms with E-state index < -0.39 is 11.9 Å². The Morgan fingerprint density at radius 2 is 2.16 bits per heavy atom. The highest BCUT2D eigenvalue weighted by molar-refractivity contribution is 5.96. The van der Waals surface area contributed by atoms with E-state index >= 15 is 0 Å². The van der Waals surface area contributed by atoms with E-state index in [1.54, 1.807) is 18.2 Å². The standard InChI is InChI=1S/C14H15NO4/c1-9(16)15-13(14(17)18)8-10-3-2-4-12(7-10)19-11-5-6-11/h2-4,7-8,11H,5-6H2,1H3,(H,15,16)(H,17,18)/b13-8+. The van der Waals surface area contributed by atoms with Crippen LogP contribution in [0.15, 0.2) is 30.0 Å². The van der Waals surface area contributed by atoms with Gasteiger partial charge in [0.15, 0.2) is 0 Å². The van der Waals surface area contributed by atoms with Crippen LogP contribution in [0.2, 0.25) is 0 Å². The van der Waals surface area contributed by atoms with E-state index in [1.165, 1.54) is 13.0 Å². The third kappa shape index (κ3) is 4.13. The molecule has 0 aliphatic heterocycles. The molecule has 1 aliphatic rings. The summed E-state index contributed by atoms with van der Waals surface area (Å²) in [6.45, 7) is 1.27. The number of aliphatic carboxylic acids is 1. The SMILES string of the molecule is CC(=O)N/C(=C/c1cccc(OC2CC2)c1)C(=O)O. The highest BCUT2D eigenvalue weighted by Gasteiger charge is 2.23. The number of carbonyl (C=O) groups is 2. The first-order valence-corrected chi connectivity index (χ1v) is 6.04. The Kier molecular flexibility index (Phi) is 3.85. The van der Waals surface area contributed by atoms with Gasteiger partial charge >= 0.3 is 5.97 Å². The summed E-state index contributed by atoms with van der Waals surface area (Å²) >= 11 is 0. The molecule has 100 valence electrons. The summed E-state index contributed by atoms with van der Waals surface area (Å²) in [6.07, 6.45) is 3.82. The summed E-state index contributed by atoms with van der Waals surface area (Å²) < 4.78 is 5.63. The van der Waals surface area contributed by atoms with Crippen molar-refractivity contribution in [2.75, 3.05) is 0 Å². The maximum atomic E-state index is 11.0. The van der Waals surface area contributed by atoms with Gasteiger partial charge in [0.1, 0.15) is 11.4 Å². The van der Waals surface area contributed by atoms with Crippen molar-refractivity contribution in [2.45, 2.75) is 25.9 Å². The average Bonchev–Trinajstić information content (AvgIpc) is 3.12. The van der Waals surface area contributed by atoms with Crippen LogP contribution in [-0.4, -0.2) is 23.1 Å². The Hall–Kier alpha value is -2.30. The van der Waals surface area contributed by atoms with Gasteiger partial charge in [-0.2, -0.15) is 0 Å². The Morgan fingerprint density at radius 3 is 2.74 bits per heavy atom. The molecule has 1 aromatic carbocycles. The fourth-order valence-electron chi connectivity index (χ4n) is 1.56. The van der Waals surface area contributed by atoms with Crippen molar-refractivity contribution in [1.29, 1.82) is 0 Å². The van der Waals surface area contributed by atoms with Crippen molar-refractivity contribution in [3.63, 3.8) is 0 Å². The number of nitrogens with one attached hydrogen (secondary N) is 1. The van der Waals surface area contributed by atoms with Crippen LogP contribution in [0.3, 0.4) is 0 Å². The van der Waals surface area contributed by atoms with Gasteiger partial charge in [-0.3, -0.25) is 4.79 Å². The van der Waals surface area contributed by atoms with Crippen LogP contribution in [0, 0.1) is 0 Å². The van der Waals surface area contributed by atoms with E-state index in [2.05, 4.69) is 5.32 Å². The number of carbonyl (C=O) groups excluding carboxylic acids is 1. The number of ether oxygens (including phenoxy) is 1. The number of carboxylic acids is 1. The van der Waals surface area contributed by atoms with E-state index in [4.69, 9.17) is 9.84 Å². The molecule has 5 nitrogen and oxygen atoms in total. The molecule has 0 bridgehead atoms. The largest absolute Gasteiger partial charge is 0.490 e. The van der Waals surface area contributed by atoms with Gasteiger partial charge in [-0.1, -0.05) is 12.1 Å². The van der Waals surface area contributed by atoms with Gasteiger partial charge in [0.25, 0.3) is 0 Å². The Balaban J connectivity index is 2.18. The number of hydrogen-bond donors (Lipinski definition) is 2. The van der Waals surface area contributed by atoms with Gasteiger partial charge in [-0.15, -0.1) is 0 Å². The summed E-state index contributed by atoms with van der Waals surface area (Å²) in [4.78, 5) is 21.9. The van der Waals surface area contributed by atoms with Crippen molar-refractivity contribution in [3.05, 3.63) is 35.5 Å². The first kappa shape index (κ1) is 13.1. The molecule has 1 aromatic rings. The maximum absolute atomic E-state index is 11.0. The van der Waals surface area contributed by atoms with E-state index in [0.29, 0.717) is 11.3 Å². The second-order valence-electron chi connectivity index (χ2n) is 4.43. The van der Waals surface area contributed by atoms with E-state index in [9.17, 15) is 9.59 Å². The molecule has 0 unspecified atom stereocenters. The quantitative estimate of drug-likeness (QED) is 0.792. The van der Waals surface area contributed by atoms with Crippen molar-refractivity contribution in [1.82, 2.24) is 5.32 Å². The lowest BCUT2D eigenvalue weighted by atomic mass is 10.2. The van der Waals surface area contributed by atoms with E-state index in [1.807, 2.05) is 6.07 Å². The second-order valence-corrected chi connectivity index (χ2v) is 4.43. The van der Waals surface area contributed by atoms with Crippen molar-refractivity contribution in [2.24, 2.45) is 0 Å². The minimum atomic E-state index is -1.18. The number of hydrogen-bond acceptors (Lipinski definition) is 3. The van der Waals surface area contributed by atoms with Gasteiger partial charge in [-0.05, 0) is 36.6 Å². The first-order valence-electron chi connectivity index (χ1n) is 6.04. The normalized spacial score (nSPS) is 14.9. The molecule has 19 heavy (non-hydrogen) atoms. The minimum absolute atomic E-state index is 0.156. The zero-order valence-corrected chi connectivity index (χ0v) is 10.6. The highest BCUT2D eigenvalue weighted by atomic mass is 16.5. The number of rotatable bonds is 5. The van der Waals surface area contributed by atoms with Crippen LogP contribution in [0.1, 0.15) is 25.3 Å². The van der Waals surface area contributed by atoms with Crippen LogP contribution >= 0.6 is 0 Å². The van der Waals surface area contributed by atoms with E-state index in [-0.39, 0.29) is 11.8 Å². The number of carboxylic acid groups (broad SMARTS) is 1. The Morgan fingerprint density at radius 1 is 1.42 bits per heavy atom. The van der Waals surface area contributed by atoms with E-state index in [0.717, 1.165) is 12.8 Å². The highest BCUT2D eigenvalue weighted by Crippen LogP contribution is 2.27. The average molecular weight is 261 g/mol. The monoisotopic (exact) mass is 261 g/mol. The Labute approximate surface area is 110 Å². The van der Waals surface area contributed by atoms with Crippen molar-refractivity contribution >= 4 is 18.0 Å². The van der Waals surface area contributed by atoms with Crippen LogP contribution in [0.5, 0.6) is 5.75 Å². The van der Waals surface area contributed by atoms with Crippen molar-refractivity contribution < 1.29 is 19.4 Å². The fourth-order valence-corrected chi connectivity index (χ4v) is 1.56. The summed E-state index contributed by atoms with van der Waals surface area (Å²) in [5, 5.41) is 11.3. The van der Waals surface area contributed by atoms with Gasteiger partial charge in [-0.25, -0.2) is 4.79 Å². The zero-order valence-electron chi connectivity index (χ0n) is 10.6. The molecule has 1 saturated carbocycles. The molecule has 1 aliphatic carbocycles. The molecule has 0 atom stereocenters. The smallest absolute Gasteiger partial charge is 0.352 e. The molecular weight excluding hydrogens is 246 g/mol. The lowest BCUT2D eigenvalue weighted by Gasteiger charge is -2.06. The van der Waals surface area contributed by atoms with Crippen LogP contribution in [0.4, 0.5) is 0 Å². The lowest BCUT2D eigenvalue weighted by Crippen LogP contribution is -2.24. The Bertz CT molecular complexity index is 532. The topological polar surface area (TPSA) is 75.6 Å². The predicted molar refractivity (Wildman–Crippen MR) is 69.5 cm³/mol. The number of benzene rings is 1. The third-order valence-corrected chi connectivity index (χ3v) is 2.54. The molecular formula is C14H15NO4. The number of amides is 1. The second kappa shape index (κ2) is 5.56. The zero-order chi connectivity index (χ0) is 13.8. The van der Waals surface area contributed by atoms with Crippen LogP contribution < -0.4 is 10.1 Å². The first-order chi connectivity index (χ1) is 9.04. The van der Waals surface area contributed by atoms with Gasteiger partial charge in [0.2, 0.25) is 5.91 Å². The van der Waals surface area contributed by atoms with Gasteiger partial charge in [0, 0.05) is 6.92 Å². The van der Waals surface area contributed by atoms with Gasteiger partial charge in [0.05, 0.1) is 6.10 Å². The summed E-state index contributed by atoms with van der Waals surface area (Å²) in [7, 11) is 0. The molecule has 0 heterocycles. The summed E-state index contributed by atoms with van der Waals surface area (Å²) in [5.74, 6) is -0.883. The molecule has 1 fully saturated rings. The molecule has 2 N–H and O–H groups in total. The third-order valence-electron chi connectivity index (χ3n) is 2.54. The van der Waals surface area contributed by atoms with Gasteiger partial charge < -0.3 is 15.2 Å². The summed E-state index contributed by atoms with van der Waals surface area (Å²) in [6, 6.07) is 7.12. The lowest BCUT2D eigenvalue weighted by molar-refractivity contribution is -0.134. The molecule has 0 aromatic heterocycles. The van der Waals surface area contributed by atoms with Crippen LogP contribution in [0.25, 0.3) is 6.08 Å². The predicted octanol–water partition coefficient (Wildman–Crippen LogP) is 1.79. The molecule has 0 spiro atoms. The summed E-state index contributed by atoms with van der Waals surface area (Å²) in [5.41, 5.74) is 0.514. The fraction of sp³-hybridized carbons (Fsp3) is 0.286. The molecule has 2 rings (SSSR count). The molecule has 1 amide bonds. The minimum Gasteiger partial charge on any atom is -0.490 e. The van der Waals surface area contributed by atoms with Crippen molar-refractivity contribution in [3.8, 4) is 5.75 Å². The van der Waals surface area contributed by atoms with Crippen LogP contribution in [-0.2, 0) is 9.59 Å². The molecule has 5 heteroatoms. The maximum Gasteiger partial charge on any atom is 0.352 e.